The van der Waals surface area contributed by atoms with Crippen LogP contribution in [-0.4, -0.2) is 65.6 Å². The summed E-state index contributed by atoms with van der Waals surface area (Å²) in [5.74, 6) is 1.47. The molecule has 7 heteroatoms. The average molecular weight is 298 g/mol. The first-order valence-corrected chi connectivity index (χ1v) is 7.47. The maximum atomic E-state index is 11.8. The zero-order chi connectivity index (χ0) is 15.1. The molecule has 1 fully saturated rings. The van der Waals surface area contributed by atoms with Gasteiger partial charge in [0.05, 0.1) is 23.0 Å². The van der Waals surface area contributed by atoms with Gasteiger partial charge in [0.1, 0.15) is 5.84 Å². The van der Waals surface area contributed by atoms with Crippen molar-refractivity contribution in [1.29, 1.82) is 0 Å². The first-order valence-electron chi connectivity index (χ1n) is 7.47. The Morgan fingerprint density at radius 2 is 2.05 bits per heavy atom. The van der Waals surface area contributed by atoms with Gasteiger partial charge in [0.25, 0.3) is 5.56 Å². The molecule has 22 heavy (non-hydrogen) atoms. The standard InChI is InChI=1S/C15H18N6O/c1-20-5-7-21(8-6-20)9-12-16-11-4-2-3-10-13(11)14(17-12)18-19-15(10)22/h2-4H,5-9H2,1H3,(H,19,22)(H,16,17,18). The number of rotatable bonds is 2. The molecule has 0 amide bonds. The van der Waals surface area contributed by atoms with E-state index >= 15 is 0 Å². The smallest absolute Gasteiger partial charge is 0.272 e. The molecule has 114 valence electrons. The number of hydrogen-bond acceptors (Lipinski definition) is 6. The number of nitrogens with zero attached hydrogens (tertiary/aromatic N) is 4. The lowest BCUT2D eigenvalue weighted by atomic mass is 10.1. The molecule has 2 aliphatic rings. The third-order valence-corrected chi connectivity index (χ3v) is 4.29. The van der Waals surface area contributed by atoms with Crippen LogP contribution >= 0.6 is 0 Å². The first-order chi connectivity index (χ1) is 10.7. The van der Waals surface area contributed by atoms with Gasteiger partial charge in [0, 0.05) is 26.2 Å². The topological polar surface area (TPSA) is 76.6 Å². The molecule has 0 spiro atoms. The van der Waals surface area contributed by atoms with Crippen LogP contribution in [0.25, 0.3) is 10.8 Å². The summed E-state index contributed by atoms with van der Waals surface area (Å²) in [5.41, 5.74) is 0.727. The highest BCUT2D eigenvalue weighted by atomic mass is 16.1. The van der Waals surface area contributed by atoms with Crippen LogP contribution in [0.3, 0.4) is 0 Å². The molecule has 4 rings (SSSR count). The molecule has 0 radical (unpaired) electrons. The Morgan fingerprint density at radius 3 is 2.86 bits per heavy atom. The van der Waals surface area contributed by atoms with Crippen molar-refractivity contribution in [2.24, 2.45) is 4.99 Å². The summed E-state index contributed by atoms with van der Waals surface area (Å²) in [4.78, 5) is 21.1. The van der Waals surface area contributed by atoms with Crippen LogP contribution in [0.4, 0.5) is 11.5 Å². The van der Waals surface area contributed by atoms with Crippen LogP contribution in [0.5, 0.6) is 0 Å². The van der Waals surface area contributed by atoms with Gasteiger partial charge in [0.15, 0.2) is 5.82 Å². The predicted octanol–water partition coefficient (Wildman–Crippen LogP) is 0.626. The van der Waals surface area contributed by atoms with E-state index in [1.54, 1.807) is 6.07 Å². The highest BCUT2D eigenvalue weighted by Gasteiger charge is 2.20. The normalized spacial score (nSPS) is 19.0. The Morgan fingerprint density at radius 1 is 1.23 bits per heavy atom. The lowest BCUT2D eigenvalue weighted by Gasteiger charge is -2.33. The summed E-state index contributed by atoms with van der Waals surface area (Å²) in [5, 5.41) is 11.4. The van der Waals surface area contributed by atoms with E-state index in [1.165, 1.54) is 0 Å². The van der Waals surface area contributed by atoms with Gasteiger partial charge in [-0.2, -0.15) is 5.10 Å². The van der Waals surface area contributed by atoms with Crippen molar-refractivity contribution in [1.82, 2.24) is 20.0 Å². The summed E-state index contributed by atoms with van der Waals surface area (Å²) >= 11 is 0. The van der Waals surface area contributed by atoms with Crippen LogP contribution in [-0.2, 0) is 0 Å². The van der Waals surface area contributed by atoms with Crippen LogP contribution in [0.2, 0.25) is 0 Å². The maximum Gasteiger partial charge on any atom is 0.272 e. The fraction of sp³-hybridized carbons (Fsp3) is 0.400. The quantitative estimate of drug-likeness (QED) is 0.850. The number of H-pyrrole nitrogens is 1. The maximum absolute atomic E-state index is 11.8. The van der Waals surface area contributed by atoms with Gasteiger partial charge in [0.2, 0.25) is 0 Å². The number of anilines is 1. The Bertz CT molecular complexity index is 803. The number of aliphatic imine (C=N–C) groups is 1. The van der Waals surface area contributed by atoms with Crippen molar-refractivity contribution in [3.05, 3.63) is 28.6 Å². The van der Waals surface area contributed by atoms with Gasteiger partial charge >= 0.3 is 0 Å². The van der Waals surface area contributed by atoms with E-state index in [-0.39, 0.29) is 5.56 Å². The largest absolute Gasteiger partial charge is 0.342 e. The fourth-order valence-corrected chi connectivity index (χ4v) is 2.99. The number of benzene rings is 1. The monoisotopic (exact) mass is 298 g/mol. The van der Waals surface area contributed by atoms with Crippen molar-refractivity contribution in [2.75, 3.05) is 45.1 Å². The molecular weight excluding hydrogens is 280 g/mol. The third kappa shape index (κ3) is 2.28. The Balaban J connectivity index is 1.65. The molecule has 1 aromatic heterocycles. The minimum atomic E-state index is -0.180. The lowest BCUT2D eigenvalue weighted by Crippen LogP contribution is -2.47. The highest BCUT2D eigenvalue weighted by molar-refractivity contribution is 6.12. The molecule has 2 aromatic rings. The second-order valence-corrected chi connectivity index (χ2v) is 5.87. The number of nitrogens with one attached hydrogen (secondary N) is 2. The number of aromatic amines is 1. The molecule has 0 atom stereocenters. The summed E-state index contributed by atoms with van der Waals surface area (Å²) in [6.45, 7) is 4.99. The third-order valence-electron chi connectivity index (χ3n) is 4.29. The van der Waals surface area contributed by atoms with Crippen LogP contribution < -0.4 is 10.9 Å². The van der Waals surface area contributed by atoms with Gasteiger partial charge in [-0.1, -0.05) is 6.07 Å². The van der Waals surface area contributed by atoms with Crippen LogP contribution in [0.1, 0.15) is 0 Å². The molecule has 3 heterocycles. The van der Waals surface area contributed by atoms with Crippen LogP contribution in [0.15, 0.2) is 28.0 Å². The van der Waals surface area contributed by atoms with Crippen molar-refractivity contribution < 1.29 is 0 Å². The molecule has 1 saturated heterocycles. The molecule has 0 aliphatic carbocycles. The predicted molar refractivity (Wildman–Crippen MR) is 87.0 cm³/mol. The highest BCUT2D eigenvalue weighted by Crippen LogP contribution is 2.31. The second-order valence-electron chi connectivity index (χ2n) is 5.87. The second kappa shape index (κ2) is 5.19. The van der Waals surface area contributed by atoms with E-state index in [9.17, 15) is 4.79 Å². The zero-order valence-electron chi connectivity index (χ0n) is 12.5. The molecular formula is C15H18N6O. The minimum absolute atomic E-state index is 0.180. The van der Waals surface area contributed by atoms with Crippen molar-refractivity contribution in [2.45, 2.75) is 0 Å². The van der Waals surface area contributed by atoms with Crippen molar-refractivity contribution in [3.8, 4) is 0 Å². The molecule has 0 unspecified atom stereocenters. The van der Waals surface area contributed by atoms with E-state index < -0.39 is 0 Å². The fourth-order valence-electron chi connectivity index (χ4n) is 2.99. The van der Waals surface area contributed by atoms with Crippen molar-refractivity contribution in [3.63, 3.8) is 0 Å². The number of piperazine rings is 1. The van der Waals surface area contributed by atoms with Gasteiger partial charge in [-0.25, -0.2) is 10.1 Å². The van der Waals surface area contributed by atoms with E-state index in [4.69, 9.17) is 0 Å². The summed E-state index contributed by atoms with van der Waals surface area (Å²) in [7, 11) is 2.14. The SMILES string of the molecule is CN1CCN(CC2=Nc3n[nH]c(=O)c4cccc(c34)N2)CC1. The Labute approximate surface area is 127 Å². The number of aromatic nitrogens is 2. The Hall–Kier alpha value is -2.25. The van der Waals surface area contributed by atoms with Gasteiger partial charge in [-0.15, -0.1) is 0 Å². The molecule has 0 saturated carbocycles. The van der Waals surface area contributed by atoms with E-state index in [0.717, 1.165) is 49.6 Å². The number of hydrogen-bond donors (Lipinski definition) is 2. The van der Waals surface area contributed by atoms with Gasteiger partial charge < -0.3 is 10.2 Å². The van der Waals surface area contributed by atoms with Crippen LogP contribution in [0, 0.1) is 0 Å². The van der Waals surface area contributed by atoms with Crippen molar-refractivity contribution >= 4 is 28.1 Å². The lowest BCUT2D eigenvalue weighted by molar-refractivity contribution is 0.170. The molecule has 7 nitrogen and oxygen atoms in total. The number of amidine groups is 1. The summed E-state index contributed by atoms with van der Waals surface area (Å²) in [6.07, 6.45) is 0. The molecule has 2 aliphatic heterocycles. The van der Waals surface area contributed by atoms with E-state index in [2.05, 4.69) is 37.4 Å². The first kappa shape index (κ1) is 13.4. The zero-order valence-corrected chi connectivity index (χ0v) is 12.5. The van der Waals surface area contributed by atoms with Gasteiger partial charge in [-0.05, 0) is 19.2 Å². The summed E-state index contributed by atoms with van der Waals surface area (Å²) in [6, 6.07) is 5.64. The minimum Gasteiger partial charge on any atom is -0.342 e. The molecule has 1 aromatic carbocycles. The summed E-state index contributed by atoms with van der Waals surface area (Å²) < 4.78 is 0. The van der Waals surface area contributed by atoms with E-state index in [1.807, 2.05) is 12.1 Å². The van der Waals surface area contributed by atoms with E-state index in [0.29, 0.717) is 11.2 Å². The average Bonchev–Trinajstić information content (AvgIpc) is 2.53. The molecule has 0 bridgehead atoms. The number of likely N-dealkylation sites (N-methyl/N-ethyl adjacent to an activating group) is 1. The molecule has 2 N–H and O–H groups in total. The van der Waals surface area contributed by atoms with Gasteiger partial charge in [-0.3, -0.25) is 9.69 Å². The Kier molecular flexibility index (Phi) is 3.16.